The second-order valence-corrected chi connectivity index (χ2v) is 10.4. The highest BCUT2D eigenvalue weighted by molar-refractivity contribution is 6.02. The Morgan fingerprint density at radius 1 is 0.769 bits per heavy atom. The van der Waals surface area contributed by atoms with E-state index in [4.69, 9.17) is 4.84 Å². The molecule has 0 aliphatic carbocycles. The molecule has 0 spiro atoms. The lowest BCUT2D eigenvalue weighted by Crippen LogP contribution is -2.45. The fourth-order valence-electron chi connectivity index (χ4n) is 5.99. The second kappa shape index (κ2) is 11.9. The number of aromatic amines is 2. The molecular weight excluding hydrogens is 482 g/mol. The lowest BCUT2D eigenvalue weighted by Gasteiger charge is -2.33. The van der Waals surface area contributed by atoms with Crippen LogP contribution in [0.3, 0.4) is 0 Å². The van der Waals surface area contributed by atoms with Gasteiger partial charge in [-0.25, -0.2) is 5.48 Å². The van der Waals surface area contributed by atoms with E-state index in [1.54, 1.807) is 0 Å². The van der Waals surface area contributed by atoms with Crippen LogP contribution >= 0.6 is 0 Å². The number of benzene rings is 3. The minimum atomic E-state index is -0.943. The zero-order valence-corrected chi connectivity index (χ0v) is 23.3. The lowest BCUT2D eigenvalue weighted by atomic mass is 9.70. The van der Waals surface area contributed by atoms with Crippen molar-refractivity contribution in [3.63, 3.8) is 0 Å². The molecule has 0 bridgehead atoms. The lowest BCUT2D eigenvalue weighted by molar-refractivity contribution is -0.139. The monoisotopic (exact) mass is 521 g/mol. The molecule has 5 aromatic rings. The van der Waals surface area contributed by atoms with Gasteiger partial charge in [-0.15, -0.1) is 0 Å². The van der Waals surface area contributed by atoms with Gasteiger partial charge < -0.3 is 9.97 Å². The largest absolute Gasteiger partial charge is 0.361 e. The average molecular weight is 522 g/mol. The number of aryl methyl sites for hydroxylation is 2. The Bertz CT molecular complexity index is 1470. The number of hydroxylamine groups is 1. The predicted octanol–water partition coefficient (Wildman–Crippen LogP) is 7.89. The molecule has 0 aliphatic rings. The van der Waals surface area contributed by atoms with Crippen LogP contribution in [0.5, 0.6) is 0 Å². The molecule has 202 valence electrons. The summed E-state index contributed by atoms with van der Waals surface area (Å²) in [5.74, 6) is -0.139. The highest BCUT2D eigenvalue weighted by atomic mass is 16.6. The highest BCUT2D eigenvalue weighted by Crippen LogP contribution is 2.45. The molecule has 0 fully saturated rings. The smallest absolute Gasteiger partial charge is 0.258 e. The Morgan fingerprint density at radius 2 is 1.36 bits per heavy atom. The first-order valence-electron chi connectivity index (χ1n) is 14.3. The number of carbonyl (C=O) groups excluding carboxylic acids is 1. The van der Waals surface area contributed by atoms with E-state index in [2.05, 4.69) is 85.0 Å². The third kappa shape index (κ3) is 4.99. The van der Waals surface area contributed by atoms with Gasteiger partial charge in [-0.1, -0.05) is 107 Å². The van der Waals surface area contributed by atoms with Gasteiger partial charge in [0.05, 0.1) is 6.61 Å². The van der Waals surface area contributed by atoms with Crippen LogP contribution in [-0.4, -0.2) is 15.9 Å². The number of rotatable bonds is 12. The summed E-state index contributed by atoms with van der Waals surface area (Å²) in [6.45, 7) is 6.84. The van der Waals surface area contributed by atoms with Crippen LogP contribution in [-0.2, 0) is 34.5 Å². The Morgan fingerprint density at radius 3 is 1.90 bits per heavy atom. The molecule has 0 saturated heterocycles. The van der Waals surface area contributed by atoms with Crippen molar-refractivity contribution < 1.29 is 9.63 Å². The number of carbonyl (C=O) groups is 1. The first-order chi connectivity index (χ1) is 19.1. The quantitative estimate of drug-likeness (QED) is 0.115. The van der Waals surface area contributed by atoms with E-state index >= 15 is 0 Å². The van der Waals surface area contributed by atoms with Crippen molar-refractivity contribution in [3.05, 3.63) is 107 Å². The summed E-state index contributed by atoms with van der Waals surface area (Å²) in [5, 5.41) is 2.18. The standard InChI is InChI=1S/C34H39N3O2/c1-4-7-11-20-34(33(38)37-39-23-24-14-9-8-10-15-24,29-21-35-31-25(5-2)16-12-18-27(29)31)30-22-36-32-26(6-3)17-13-19-28(30)32/h8-10,12-19,21-22,35-36H,4-7,11,20,23H2,1-3H3,(H,37,38). The number of hydrogen-bond donors (Lipinski definition) is 3. The van der Waals surface area contributed by atoms with Crippen molar-refractivity contribution in [2.45, 2.75) is 71.3 Å². The summed E-state index contributed by atoms with van der Waals surface area (Å²) in [5.41, 5.74) is 9.63. The maximum atomic E-state index is 14.6. The fraction of sp³-hybridized carbons (Fsp3) is 0.324. The van der Waals surface area contributed by atoms with E-state index in [0.717, 1.165) is 70.6 Å². The van der Waals surface area contributed by atoms with Gasteiger partial charge in [0.1, 0.15) is 5.41 Å². The van der Waals surface area contributed by atoms with Crippen LogP contribution < -0.4 is 5.48 Å². The Labute approximate surface area is 230 Å². The fourth-order valence-corrected chi connectivity index (χ4v) is 5.99. The molecule has 0 radical (unpaired) electrons. The summed E-state index contributed by atoms with van der Waals surface area (Å²) in [6.07, 6.45) is 9.65. The third-order valence-electron chi connectivity index (χ3n) is 8.07. The molecule has 5 heteroatoms. The molecule has 2 heterocycles. The molecule has 39 heavy (non-hydrogen) atoms. The van der Waals surface area contributed by atoms with Gasteiger partial charge in [0.25, 0.3) is 5.91 Å². The van der Waals surface area contributed by atoms with Crippen LogP contribution in [0.1, 0.15) is 74.3 Å². The number of nitrogens with one attached hydrogen (secondary N) is 3. The number of aromatic nitrogens is 2. The van der Waals surface area contributed by atoms with Crippen LogP contribution in [0.25, 0.3) is 21.8 Å². The van der Waals surface area contributed by atoms with Gasteiger partial charge in [0.2, 0.25) is 0 Å². The summed E-state index contributed by atoms with van der Waals surface area (Å²) in [6, 6.07) is 22.7. The second-order valence-electron chi connectivity index (χ2n) is 10.4. The highest BCUT2D eigenvalue weighted by Gasteiger charge is 2.45. The van der Waals surface area contributed by atoms with E-state index in [1.165, 1.54) is 11.1 Å². The van der Waals surface area contributed by atoms with Crippen molar-refractivity contribution in [2.24, 2.45) is 0 Å². The van der Waals surface area contributed by atoms with Crippen molar-refractivity contribution in [1.82, 2.24) is 15.4 Å². The zero-order valence-electron chi connectivity index (χ0n) is 23.3. The van der Waals surface area contributed by atoms with Crippen molar-refractivity contribution in [3.8, 4) is 0 Å². The molecule has 5 rings (SSSR count). The molecule has 0 unspecified atom stereocenters. The van der Waals surface area contributed by atoms with Gasteiger partial charge in [-0.2, -0.15) is 0 Å². The molecule has 5 nitrogen and oxygen atoms in total. The SMILES string of the molecule is CCCCCC(C(=O)NOCc1ccccc1)(c1c[nH]c2c(CC)cccc12)c1c[nH]c2c(CC)cccc12. The zero-order chi connectivity index (χ0) is 27.2. The van der Waals surface area contributed by atoms with E-state index in [0.29, 0.717) is 13.0 Å². The molecular formula is C34H39N3O2. The molecule has 0 saturated carbocycles. The van der Waals surface area contributed by atoms with Gasteiger partial charge in [0, 0.05) is 34.2 Å². The normalized spacial score (nSPS) is 11.9. The number of H-pyrrole nitrogens is 2. The maximum absolute atomic E-state index is 14.6. The molecule has 0 aliphatic heterocycles. The topological polar surface area (TPSA) is 69.9 Å². The Hall–Kier alpha value is -3.83. The van der Waals surface area contributed by atoms with Crippen LogP contribution in [0, 0.1) is 0 Å². The number of hydrogen-bond acceptors (Lipinski definition) is 2. The number of fused-ring (bicyclic) bond motifs is 2. The van der Waals surface area contributed by atoms with Gasteiger partial charge in [0.15, 0.2) is 0 Å². The van der Waals surface area contributed by atoms with E-state index in [1.807, 2.05) is 30.3 Å². The molecule has 3 N–H and O–H groups in total. The minimum Gasteiger partial charge on any atom is -0.361 e. The van der Waals surface area contributed by atoms with Crippen LogP contribution in [0.2, 0.25) is 0 Å². The first-order valence-corrected chi connectivity index (χ1v) is 14.3. The first kappa shape index (κ1) is 26.8. The maximum Gasteiger partial charge on any atom is 0.258 e. The summed E-state index contributed by atoms with van der Waals surface area (Å²) < 4.78 is 0. The summed E-state index contributed by atoms with van der Waals surface area (Å²) in [4.78, 5) is 27.5. The number of para-hydroxylation sites is 2. The minimum absolute atomic E-state index is 0.139. The third-order valence-corrected chi connectivity index (χ3v) is 8.07. The van der Waals surface area contributed by atoms with Gasteiger partial charge in [-0.3, -0.25) is 9.63 Å². The van der Waals surface area contributed by atoms with E-state index in [9.17, 15) is 4.79 Å². The predicted molar refractivity (Wildman–Crippen MR) is 160 cm³/mol. The van der Waals surface area contributed by atoms with Crippen LogP contribution in [0.4, 0.5) is 0 Å². The Kier molecular flexibility index (Phi) is 8.18. The summed E-state index contributed by atoms with van der Waals surface area (Å²) >= 11 is 0. The van der Waals surface area contributed by atoms with E-state index in [-0.39, 0.29) is 5.91 Å². The molecule has 2 aromatic heterocycles. The summed E-state index contributed by atoms with van der Waals surface area (Å²) in [7, 11) is 0. The molecule has 0 atom stereocenters. The average Bonchev–Trinajstić information content (AvgIpc) is 3.61. The van der Waals surface area contributed by atoms with E-state index < -0.39 is 5.41 Å². The Balaban J connectivity index is 1.68. The van der Waals surface area contributed by atoms with Gasteiger partial charge in [-0.05, 0) is 47.1 Å². The number of unbranched alkanes of at least 4 members (excludes halogenated alkanes) is 2. The van der Waals surface area contributed by atoms with Crippen molar-refractivity contribution >= 4 is 27.7 Å². The molecule has 1 amide bonds. The van der Waals surface area contributed by atoms with Crippen molar-refractivity contribution in [1.29, 1.82) is 0 Å². The number of amides is 1. The van der Waals surface area contributed by atoms with Crippen LogP contribution in [0.15, 0.2) is 79.1 Å². The van der Waals surface area contributed by atoms with Crippen molar-refractivity contribution in [2.75, 3.05) is 0 Å². The van der Waals surface area contributed by atoms with Gasteiger partial charge >= 0.3 is 0 Å². The molecule has 3 aromatic carbocycles.